The van der Waals surface area contributed by atoms with E-state index in [1.165, 1.54) is 0 Å². The lowest BCUT2D eigenvalue weighted by Crippen LogP contribution is -2.45. The molecule has 1 fully saturated rings. The minimum atomic E-state index is -0.161. The molecule has 100 valence electrons. The van der Waals surface area contributed by atoms with Gasteiger partial charge in [0.2, 0.25) is 0 Å². The van der Waals surface area contributed by atoms with E-state index in [9.17, 15) is 4.79 Å². The molecule has 2 N–H and O–H groups in total. The zero-order valence-corrected chi connectivity index (χ0v) is 12.0. The maximum Gasteiger partial charge on any atom is 0.253 e. The first-order valence-corrected chi connectivity index (χ1v) is 6.39. The molecular formula is C12H15Cl3N2O. The molecule has 18 heavy (non-hydrogen) atoms. The van der Waals surface area contributed by atoms with E-state index in [1.807, 2.05) is 0 Å². The van der Waals surface area contributed by atoms with Crippen LogP contribution in [0, 0.1) is 0 Å². The van der Waals surface area contributed by atoms with Crippen LogP contribution in [0.2, 0.25) is 10.0 Å². The quantitative estimate of drug-likeness (QED) is 0.882. The number of amides is 1. The van der Waals surface area contributed by atoms with Crippen molar-refractivity contribution < 1.29 is 4.79 Å². The van der Waals surface area contributed by atoms with Crippen molar-refractivity contribution in [3.05, 3.63) is 33.8 Å². The van der Waals surface area contributed by atoms with Crippen molar-refractivity contribution in [1.82, 2.24) is 10.6 Å². The number of nitrogens with one attached hydrogen (secondary N) is 2. The van der Waals surface area contributed by atoms with E-state index in [-0.39, 0.29) is 24.4 Å². The highest BCUT2D eigenvalue weighted by molar-refractivity contribution is 6.43. The van der Waals surface area contributed by atoms with Gasteiger partial charge in [-0.1, -0.05) is 29.3 Å². The zero-order chi connectivity index (χ0) is 12.3. The molecule has 0 saturated carbocycles. The van der Waals surface area contributed by atoms with Crippen LogP contribution in [0.15, 0.2) is 18.2 Å². The molecule has 1 aliphatic rings. The van der Waals surface area contributed by atoms with Gasteiger partial charge in [-0.15, -0.1) is 12.4 Å². The van der Waals surface area contributed by atoms with E-state index in [0.29, 0.717) is 15.6 Å². The van der Waals surface area contributed by atoms with E-state index in [0.717, 1.165) is 25.9 Å². The number of piperidine rings is 1. The molecule has 2 rings (SSSR count). The molecule has 1 aromatic rings. The summed E-state index contributed by atoms with van der Waals surface area (Å²) in [7, 11) is 0. The third-order valence-electron chi connectivity index (χ3n) is 2.83. The summed E-state index contributed by atoms with van der Waals surface area (Å²) < 4.78 is 0. The van der Waals surface area contributed by atoms with E-state index < -0.39 is 0 Å². The normalized spacial score (nSPS) is 18.9. The fraction of sp³-hybridized carbons (Fsp3) is 0.417. The smallest absolute Gasteiger partial charge is 0.253 e. The van der Waals surface area contributed by atoms with Crippen molar-refractivity contribution in [2.75, 3.05) is 13.1 Å². The molecule has 1 aliphatic heterocycles. The molecule has 0 aromatic heterocycles. The van der Waals surface area contributed by atoms with Gasteiger partial charge in [0.15, 0.2) is 0 Å². The molecule has 1 heterocycles. The summed E-state index contributed by atoms with van der Waals surface area (Å²) in [6.45, 7) is 1.83. The average Bonchev–Trinajstić information content (AvgIpc) is 2.34. The van der Waals surface area contributed by atoms with Gasteiger partial charge in [-0.05, 0) is 31.5 Å². The van der Waals surface area contributed by atoms with E-state index in [2.05, 4.69) is 10.6 Å². The minimum absolute atomic E-state index is 0. The summed E-state index contributed by atoms with van der Waals surface area (Å²) >= 11 is 11.9. The lowest BCUT2D eigenvalue weighted by molar-refractivity contribution is 0.0931. The second kappa shape index (κ2) is 7.19. The summed E-state index contributed by atoms with van der Waals surface area (Å²) in [5.74, 6) is -0.161. The van der Waals surface area contributed by atoms with Crippen molar-refractivity contribution >= 4 is 41.5 Å². The van der Waals surface area contributed by atoms with Gasteiger partial charge in [-0.2, -0.15) is 0 Å². The average molecular weight is 310 g/mol. The number of rotatable bonds is 2. The Labute approximate surface area is 123 Å². The fourth-order valence-electron chi connectivity index (χ4n) is 1.92. The number of benzene rings is 1. The Kier molecular flexibility index (Phi) is 6.22. The van der Waals surface area contributed by atoms with Crippen LogP contribution < -0.4 is 10.6 Å². The number of carbonyl (C=O) groups is 1. The Morgan fingerprint density at radius 1 is 1.39 bits per heavy atom. The first-order valence-electron chi connectivity index (χ1n) is 5.64. The highest BCUT2D eigenvalue weighted by Crippen LogP contribution is 2.25. The first-order chi connectivity index (χ1) is 8.18. The number of hydrogen-bond acceptors (Lipinski definition) is 2. The third-order valence-corrected chi connectivity index (χ3v) is 3.65. The lowest BCUT2D eigenvalue weighted by Gasteiger charge is -2.24. The molecule has 0 spiro atoms. The highest BCUT2D eigenvalue weighted by Gasteiger charge is 2.18. The fourth-order valence-corrected chi connectivity index (χ4v) is 2.30. The molecule has 1 atom stereocenters. The van der Waals surface area contributed by atoms with Crippen molar-refractivity contribution in [2.45, 2.75) is 18.9 Å². The molecule has 0 unspecified atom stereocenters. The van der Waals surface area contributed by atoms with Crippen LogP contribution in [-0.4, -0.2) is 25.0 Å². The van der Waals surface area contributed by atoms with E-state index in [1.54, 1.807) is 18.2 Å². The van der Waals surface area contributed by atoms with E-state index in [4.69, 9.17) is 23.2 Å². The zero-order valence-electron chi connectivity index (χ0n) is 9.71. The maximum absolute atomic E-state index is 12.0. The predicted octanol–water partition coefficient (Wildman–Crippen LogP) is 2.90. The van der Waals surface area contributed by atoms with Crippen LogP contribution in [0.3, 0.4) is 0 Å². The first kappa shape index (κ1) is 15.6. The Balaban J connectivity index is 0.00000162. The van der Waals surface area contributed by atoms with Crippen LogP contribution in [0.4, 0.5) is 0 Å². The summed E-state index contributed by atoms with van der Waals surface area (Å²) in [6.07, 6.45) is 2.07. The van der Waals surface area contributed by atoms with E-state index >= 15 is 0 Å². The van der Waals surface area contributed by atoms with Gasteiger partial charge in [0.1, 0.15) is 0 Å². The molecule has 0 bridgehead atoms. The molecule has 0 radical (unpaired) electrons. The molecular weight excluding hydrogens is 295 g/mol. The Morgan fingerprint density at radius 3 is 2.83 bits per heavy atom. The number of halogens is 3. The molecule has 6 heteroatoms. The van der Waals surface area contributed by atoms with Crippen molar-refractivity contribution in [3.8, 4) is 0 Å². The molecule has 1 saturated heterocycles. The van der Waals surface area contributed by atoms with Crippen LogP contribution in [-0.2, 0) is 0 Å². The topological polar surface area (TPSA) is 41.1 Å². The summed E-state index contributed by atoms with van der Waals surface area (Å²) in [6, 6.07) is 5.25. The predicted molar refractivity (Wildman–Crippen MR) is 77.1 cm³/mol. The molecule has 1 amide bonds. The number of hydrogen-bond donors (Lipinski definition) is 2. The monoisotopic (exact) mass is 308 g/mol. The van der Waals surface area contributed by atoms with Crippen LogP contribution >= 0.6 is 35.6 Å². The Morgan fingerprint density at radius 2 is 2.17 bits per heavy atom. The Hall–Kier alpha value is -0.480. The van der Waals surface area contributed by atoms with Gasteiger partial charge in [0.25, 0.3) is 5.91 Å². The van der Waals surface area contributed by atoms with Crippen LogP contribution in [0.5, 0.6) is 0 Å². The van der Waals surface area contributed by atoms with Gasteiger partial charge < -0.3 is 10.6 Å². The largest absolute Gasteiger partial charge is 0.348 e. The van der Waals surface area contributed by atoms with Gasteiger partial charge in [0, 0.05) is 12.6 Å². The van der Waals surface area contributed by atoms with Crippen molar-refractivity contribution in [3.63, 3.8) is 0 Å². The van der Waals surface area contributed by atoms with Gasteiger partial charge in [-0.3, -0.25) is 4.79 Å². The minimum Gasteiger partial charge on any atom is -0.348 e. The van der Waals surface area contributed by atoms with Crippen LogP contribution in [0.25, 0.3) is 0 Å². The number of carbonyl (C=O) groups excluding carboxylic acids is 1. The third kappa shape index (κ3) is 3.75. The Bertz CT molecular complexity index is 420. The van der Waals surface area contributed by atoms with Crippen LogP contribution in [0.1, 0.15) is 23.2 Å². The second-order valence-electron chi connectivity index (χ2n) is 4.12. The van der Waals surface area contributed by atoms with Crippen molar-refractivity contribution in [1.29, 1.82) is 0 Å². The standard InChI is InChI=1S/C12H14Cl2N2O.ClH/c13-10-5-1-4-9(11(10)14)12(17)16-8-3-2-6-15-7-8;/h1,4-5,8,15H,2-3,6-7H2,(H,16,17);1H/t8-;/m0./s1. The van der Waals surface area contributed by atoms with Gasteiger partial charge in [0.05, 0.1) is 15.6 Å². The second-order valence-corrected chi connectivity index (χ2v) is 4.90. The SMILES string of the molecule is Cl.O=C(N[C@H]1CCCNC1)c1cccc(Cl)c1Cl. The summed E-state index contributed by atoms with van der Waals surface area (Å²) in [4.78, 5) is 12.0. The van der Waals surface area contributed by atoms with Gasteiger partial charge in [-0.25, -0.2) is 0 Å². The van der Waals surface area contributed by atoms with Gasteiger partial charge >= 0.3 is 0 Å². The highest BCUT2D eigenvalue weighted by atomic mass is 35.5. The molecule has 1 aromatic carbocycles. The van der Waals surface area contributed by atoms with Crippen molar-refractivity contribution in [2.24, 2.45) is 0 Å². The lowest BCUT2D eigenvalue weighted by atomic mass is 10.1. The summed E-state index contributed by atoms with van der Waals surface area (Å²) in [5.41, 5.74) is 0.435. The maximum atomic E-state index is 12.0. The molecule has 0 aliphatic carbocycles. The summed E-state index contributed by atoms with van der Waals surface area (Å²) in [5, 5.41) is 6.92. The molecule has 3 nitrogen and oxygen atoms in total.